The molecule has 2 aromatic heterocycles. The van der Waals surface area contributed by atoms with Crippen molar-refractivity contribution < 1.29 is 17.9 Å². The van der Waals surface area contributed by atoms with Gasteiger partial charge in [0.05, 0.1) is 11.2 Å². The maximum Gasteiger partial charge on any atom is 0.323 e. The number of hydrogen-bond donors (Lipinski definition) is 3. The predicted molar refractivity (Wildman–Crippen MR) is 144 cm³/mol. The van der Waals surface area contributed by atoms with E-state index in [1.807, 2.05) is 13.0 Å². The van der Waals surface area contributed by atoms with Crippen molar-refractivity contribution in [2.75, 3.05) is 16.0 Å². The standard InChI is InChI=1S/C27H25F2N5O2.3H2/c1-3-34-24-13-25(31-18-7-8-18)30-14-16(24)10-21(26(34)35)20-12-23(22(29)9-15(20)2)33-27(36)32-19-6-4-5-17(28)11-19;;;/h4-6,9-14,18H,3,7-8H2,1-2H3,(H,30,31)(H2,32,33,36);3*1H. The van der Waals surface area contributed by atoms with Crippen LogP contribution < -0.4 is 21.5 Å². The Labute approximate surface area is 210 Å². The number of aryl methyl sites for hydroxylation is 2. The van der Waals surface area contributed by atoms with Crippen molar-refractivity contribution in [2.24, 2.45) is 0 Å². The van der Waals surface area contributed by atoms with Crippen LogP contribution in [-0.2, 0) is 6.54 Å². The van der Waals surface area contributed by atoms with Crippen LogP contribution in [0.15, 0.2) is 59.5 Å². The summed E-state index contributed by atoms with van der Waals surface area (Å²) in [5, 5.41) is 9.05. The molecule has 0 saturated heterocycles. The molecule has 0 atom stereocenters. The number of amides is 2. The topological polar surface area (TPSA) is 88.1 Å². The van der Waals surface area contributed by atoms with Crippen molar-refractivity contribution >= 4 is 34.1 Å². The van der Waals surface area contributed by atoms with Gasteiger partial charge < -0.3 is 20.5 Å². The van der Waals surface area contributed by atoms with Gasteiger partial charge in [0, 0.05) is 45.8 Å². The van der Waals surface area contributed by atoms with Crippen molar-refractivity contribution in [2.45, 2.75) is 39.3 Å². The highest BCUT2D eigenvalue weighted by Crippen LogP contribution is 2.30. The zero-order chi connectivity index (χ0) is 25.4. The molecule has 5 rings (SSSR count). The van der Waals surface area contributed by atoms with Crippen molar-refractivity contribution in [3.63, 3.8) is 0 Å². The number of hydrogen-bond acceptors (Lipinski definition) is 4. The lowest BCUT2D eigenvalue weighted by Crippen LogP contribution is -2.22. The quantitative estimate of drug-likeness (QED) is 0.280. The van der Waals surface area contributed by atoms with Crippen molar-refractivity contribution in [1.29, 1.82) is 0 Å². The third kappa shape index (κ3) is 4.77. The van der Waals surface area contributed by atoms with Gasteiger partial charge in [0.15, 0.2) is 0 Å². The fourth-order valence-corrected chi connectivity index (χ4v) is 4.20. The lowest BCUT2D eigenvalue weighted by atomic mass is 9.99. The summed E-state index contributed by atoms with van der Waals surface area (Å²) in [6.45, 7) is 4.04. The second kappa shape index (κ2) is 9.41. The molecule has 7 nitrogen and oxygen atoms in total. The Morgan fingerprint density at radius 2 is 1.92 bits per heavy atom. The molecule has 190 valence electrons. The molecule has 2 heterocycles. The molecule has 0 spiro atoms. The van der Waals surface area contributed by atoms with E-state index in [1.165, 1.54) is 30.3 Å². The SMILES string of the molecule is CCn1c(=O)c(-c2cc(NC(=O)Nc3cccc(F)c3)c(F)cc2C)cc2cnc(NC3CC3)cc21.[HH].[HH].[HH]. The first-order chi connectivity index (χ1) is 17.3. The van der Waals surface area contributed by atoms with Crippen LogP contribution in [0.2, 0.25) is 0 Å². The largest absolute Gasteiger partial charge is 0.367 e. The number of aromatic nitrogens is 2. The minimum absolute atomic E-state index is 0. The molecule has 2 aromatic carbocycles. The fourth-order valence-electron chi connectivity index (χ4n) is 4.20. The Bertz CT molecular complexity index is 1560. The van der Waals surface area contributed by atoms with Crippen LogP contribution in [0.1, 0.15) is 29.6 Å². The second-order valence-corrected chi connectivity index (χ2v) is 8.89. The number of carbonyl (C=O) groups is 1. The summed E-state index contributed by atoms with van der Waals surface area (Å²) in [7, 11) is 0. The van der Waals surface area contributed by atoms with E-state index < -0.39 is 17.7 Å². The van der Waals surface area contributed by atoms with E-state index in [2.05, 4.69) is 20.9 Å². The Morgan fingerprint density at radius 1 is 1.11 bits per heavy atom. The van der Waals surface area contributed by atoms with Gasteiger partial charge in [-0.3, -0.25) is 4.79 Å². The summed E-state index contributed by atoms with van der Waals surface area (Å²) in [6.07, 6.45) is 3.94. The molecule has 1 saturated carbocycles. The number of rotatable bonds is 6. The number of urea groups is 1. The summed E-state index contributed by atoms with van der Waals surface area (Å²) in [6, 6.07) is 11.4. The molecule has 0 unspecified atom stereocenters. The van der Waals surface area contributed by atoms with Crippen LogP contribution >= 0.6 is 0 Å². The molecule has 4 aromatic rings. The van der Waals surface area contributed by atoms with Gasteiger partial charge in [0.25, 0.3) is 5.56 Å². The normalized spacial score (nSPS) is 13.0. The zero-order valence-corrected chi connectivity index (χ0v) is 19.9. The molecule has 1 aliphatic carbocycles. The van der Waals surface area contributed by atoms with E-state index in [4.69, 9.17) is 0 Å². The number of anilines is 3. The Hall–Kier alpha value is -4.27. The van der Waals surface area contributed by atoms with Crippen LogP contribution in [0.5, 0.6) is 0 Å². The number of fused-ring (bicyclic) bond motifs is 1. The van der Waals surface area contributed by atoms with Crippen LogP contribution in [0.4, 0.5) is 30.8 Å². The number of pyridine rings is 2. The van der Waals surface area contributed by atoms with Crippen LogP contribution in [-0.4, -0.2) is 21.6 Å². The molecule has 9 heteroatoms. The van der Waals surface area contributed by atoms with Crippen LogP contribution in [0.3, 0.4) is 0 Å². The molecule has 1 fully saturated rings. The van der Waals surface area contributed by atoms with Gasteiger partial charge in [-0.1, -0.05) is 6.07 Å². The van der Waals surface area contributed by atoms with Crippen LogP contribution in [0, 0.1) is 18.6 Å². The van der Waals surface area contributed by atoms with Gasteiger partial charge in [-0.2, -0.15) is 0 Å². The van der Waals surface area contributed by atoms with Crippen molar-refractivity contribution in [1.82, 2.24) is 9.55 Å². The van der Waals surface area contributed by atoms with Gasteiger partial charge in [-0.15, -0.1) is 0 Å². The smallest absolute Gasteiger partial charge is 0.323 e. The van der Waals surface area contributed by atoms with Gasteiger partial charge in [0.2, 0.25) is 0 Å². The first-order valence-electron chi connectivity index (χ1n) is 11.8. The van der Waals surface area contributed by atoms with E-state index in [9.17, 15) is 18.4 Å². The van der Waals surface area contributed by atoms with E-state index in [1.54, 1.807) is 23.8 Å². The predicted octanol–water partition coefficient (Wildman–Crippen LogP) is 6.63. The number of benzene rings is 2. The first-order valence-corrected chi connectivity index (χ1v) is 11.8. The summed E-state index contributed by atoms with van der Waals surface area (Å²) < 4.78 is 29.8. The molecule has 36 heavy (non-hydrogen) atoms. The maximum atomic E-state index is 14.8. The molecule has 3 N–H and O–H groups in total. The first kappa shape index (κ1) is 23.5. The lowest BCUT2D eigenvalue weighted by molar-refractivity contribution is 0.262. The van der Waals surface area contributed by atoms with Gasteiger partial charge in [0.1, 0.15) is 17.5 Å². The summed E-state index contributed by atoms with van der Waals surface area (Å²) >= 11 is 0. The van der Waals surface area contributed by atoms with Crippen molar-refractivity contribution in [3.05, 3.63) is 82.3 Å². The van der Waals surface area contributed by atoms with Gasteiger partial charge >= 0.3 is 6.03 Å². The fraction of sp³-hybridized carbons (Fsp3) is 0.222. The molecule has 2 amide bonds. The summed E-state index contributed by atoms with van der Waals surface area (Å²) in [4.78, 5) is 30.4. The number of nitrogens with zero attached hydrogens (tertiary/aromatic N) is 2. The van der Waals surface area contributed by atoms with Gasteiger partial charge in [-0.05, 0) is 74.2 Å². The van der Waals surface area contributed by atoms with E-state index in [0.29, 0.717) is 29.3 Å². The molecule has 1 aliphatic rings. The monoisotopic (exact) mass is 495 g/mol. The molecule has 0 bridgehead atoms. The highest BCUT2D eigenvalue weighted by molar-refractivity contribution is 6.00. The summed E-state index contributed by atoms with van der Waals surface area (Å²) in [5.74, 6) is -0.433. The second-order valence-electron chi connectivity index (χ2n) is 8.89. The highest BCUT2D eigenvalue weighted by Gasteiger charge is 2.22. The van der Waals surface area contributed by atoms with Crippen molar-refractivity contribution in [3.8, 4) is 11.1 Å². The molecular formula is C27H31F2N5O2. The van der Waals surface area contributed by atoms with E-state index in [0.717, 1.165) is 35.6 Å². The maximum absolute atomic E-state index is 14.8. The zero-order valence-electron chi connectivity index (χ0n) is 19.9. The third-order valence-electron chi connectivity index (χ3n) is 6.16. The average Bonchev–Trinajstić information content (AvgIpc) is 3.65. The minimum atomic E-state index is -0.737. The van der Waals surface area contributed by atoms with Gasteiger partial charge in [-0.25, -0.2) is 18.6 Å². The summed E-state index contributed by atoms with van der Waals surface area (Å²) in [5.41, 5.74) is 2.07. The minimum Gasteiger partial charge on any atom is -0.367 e. The van der Waals surface area contributed by atoms with Crippen LogP contribution in [0.25, 0.3) is 22.0 Å². The molecule has 0 aliphatic heterocycles. The third-order valence-corrected chi connectivity index (χ3v) is 6.16. The number of nitrogens with one attached hydrogen (secondary N) is 3. The average molecular weight is 496 g/mol. The Balaban J connectivity index is 0.00000178. The Kier molecular flexibility index (Phi) is 6.13. The van der Waals surface area contributed by atoms with E-state index in [-0.39, 0.29) is 21.2 Å². The highest BCUT2D eigenvalue weighted by atomic mass is 19.1. The lowest BCUT2D eigenvalue weighted by Gasteiger charge is -2.16. The van der Waals surface area contributed by atoms with E-state index >= 15 is 0 Å². The molecular weight excluding hydrogens is 464 g/mol. The molecule has 0 radical (unpaired) electrons. The Morgan fingerprint density at radius 3 is 2.64 bits per heavy atom. The number of halogens is 2. The number of carbonyl (C=O) groups excluding carboxylic acids is 1.